The van der Waals surface area contributed by atoms with E-state index in [-0.39, 0.29) is 6.79 Å². The molecule has 0 aliphatic carbocycles. The lowest BCUT2D eigenvalue weighted by atomic mass is 10.2. The predicted molar refractivity (Wildman–Crippen MR) is 119 cm³/mol. The summed E-state index contributed by atoms with van der Waals surface area (Å²) < 4.78 is 13.0. The maximum absolute atomic E-state index is 6.30. The van der Waals surface area contributed by atoms with Gasteiger partial charge in [0.15, 0.2) is 22.5 Å². The van der Waals surface area contributed by atoms with Crippen molar-refractivity contribution in [2.75, 3.05) is 6.79 Å². The topological polar surface area (TPSA) is 62.1 Å². The molecular formula is C21H17ClN4O2S2. The maximum atomic E-state index is 6.30. The Morgan fingerprint density at radius 3 is 2.87 bits per heavy atom. The van der Waals surface area contributed by atoms with Crippen molar-refractivity contribution in [1.29, 1.82) is 0 Å². The molecular weight excluding hydrogens is 440 g/mol. The molecule has 0 radical (unpaired) electrons. The number of aromatic nitrogens is 4. The lowest BCUT2D eigenvalue weighted by Gasteiger charge is -2.07. The summed E-state index contributed by atoms with van der Waals surface area (Å²) in [7, 11) is 0. The fourth-order valence-corrected chi connectivity index (χ4v) is 5.34. The largest absolute Gasteiger partial charge is 0.454 e. The van der Waals surface area contributed by atoms with Crippen LogP contribution >= 0.6 is 34.7 Å². The van der Waals surface area contributed by atoms with Crippen molar-refractivity contribution in [3.8, 4) is 33.5 Å². The number of benzene rings is 2. The third kappa shape index (κ3) is 3.66. The van der Waals surface area contributed by atoms with Gasteiger partial charge in [-0.15, -0.1) is 21.5 Å². The third-order valence-corrected chi connectivity index (χ3v) is 6.92. The Bertz CT molecular complexity index is 1210. The molecule has 2 aromatic carbocycles. The molecule has 0 saturated heterocycles. The van der Waals surface area contributed by atoms with E-state index in [0.29, 0.717) is 10.8 Å². The van der Waals surface area contributed by atoms with Crippen molar-refractivity contribution in [2.45, 2.75) is 24.4 Å². The van der Waals surface area contributed by atoms with Gasteiger partial charge in [0.25, 0.3) is 0 Å². The highest BCUT2D eigenvalue weighted by molar-refractivity contribution is 7.98. The van der Waals surface area contributed by atoms with Crippen molar-refractivity contribution in [3.63, 3.8) is 0 Å². The molecule has 1 aliphatic heterocycles. The maximum Gasteiger partial charge on any atom is 0.231 e. The van der Waals surface area contributed by atoms with E-state index in [0.717, 1.165) is 50.9 Å². The highest BCUT2D eigenvalue weighted by Gasteiger charge is 2.19. The molecule has 152 valence electrons. The molecule has 4 aromatic rings. The molecule has 0 spiro atoms. The Balaban J connectivity index is 1.35. The minimum Gasteiger partial charge on any atom is -0.454 e. The summed E-state index contributed by atoms with van der Waals surface area (Å²) in [6.45, 7) is 3.10. The molecule has 0 saturated carbocycles. The number of rotatable bonds is 6. The van der Waals surface area contributed by atoms with Crippen LogP contribution in [0.3, 0.4) is 0 Å². The number of nitrogens with zero attached hydrogens (tertiary/aromatic N) is 4. The quantitative estimate of drug-likeness (QED) is 0.343. The molecule has 0 bridgehead atoms. The second-order valence-electron chi connectivity index (χ2n) is 6.53. The standard InChI is InChI=1S/C21H17ClN4O2S2/c1-2-26-19(13-7-8-17-18(9-13)28-12-27-17)24-25-21(26)30-11-14-10-29-20(23-14)15-5-3-4-6-16(15)22/h3-10H,2,11-12H2,1H3. The van der Waals surface area contributed by atoms with Crippen LogP contribution in [0.25, 0.3) is 22.0 Å². The number of hydrogen-bond donors (Lipinski definition) is 0. The molecule has 3 heterocycles. The zero-order chi connectivity index (χ0) is 20.5. The number of thioether (sulfide) groups is 1. The fraction of sp³-hybridized carbons (Fsp3) is 0.190. The van der Waals surface area contributed by atoms with E-state index in [1.807, 2.05) is 42.5 Å². The lowest BCUT2D eigenvalue weighted by molar-refractivity contribution is 0.174. The normalized spacial score (nSPS) is 12.5. The highest BCUT2D eigenvalue weighted by atomic mass is 35.5. The number of fused-ring (bicyclic) bond motifs is 1. The number of hydrogen-bond acceptors (Lipinski definition) is 7. The van der Waals surface area contributed by atoms with Gasteiger partial charge < -0.3 is 14.0 Å². The first-order valence-electron chi connectivity index (χ1n) is 9.38. The summed E-state index contributed by atoms with van der Waals surface area (Å²) in [5.41, 5.74) is 2.91. The van der Waals surface area contributed by atoms with Crippen LogP contribution in [0.15, 0.2) is 53.0 Å². The second-order valence-corrected chi connectivity index (χ2v) is 8.74. The molecule has 0 atom stereocenters. The first-order chi connectivity index (χ1) is 14.7. The van der Waals surface area contributed by atoms with Gasteiger partial charge in [-0.3, -0.25) is 0 Å². The van der Waals surface area contributed by atoms with Crippen LogP contribution in [-0.4, -0.2) is 26.5 Å². The van der Waals surface area contributed by atoms with Crippen molar-refractivity contribution in [3.05, 3.63) is 58.6 Å². The molecule has 6 nitrogen and oxygen atoms in total. The third-order valence-electron chi connectivity index (χ3n) is 4.67. The molecule has 5 rings (SSSR count). The van der Waals surface area contributed by atoms with Crippen LogP contribution in [-0.2, 0) is 12.3 Å². The Morgan fingerprint density at radius 1 is 1.13 bits per heavy atom. The van der Waals surface area contributed by atoms with Gasteiger partial charge in [-0.25, -0.2) is 4.98 Å². The van der Waals surface area contributed by atoms with Crippen LogP contribution in [0.4, 0.5) is 0 Å². The summed E-state index contributed by atoms with van der Waals surface area (Å²) >= 11 is 9.52. The highest BCUT2D eigenvalue weighted by Crippen LogP contribution is 2.37. The monoisotopic (exact) mass is 456 g/mol. The average molecular weight is 457 g/mol. The minimum atomic E-state index is 0.254. The zero-order valence-electron chi connectivity index (χ0n) is 16.0. The summed E-state index contributed by atoms with van der Waals surface area (Å²) in [5, 5.41) is 13.4. The van der Waals surface area contributed by atoms with E-state index >= 15 is 0 Å². The Morgan fingerprint density at radius 2 is 2.00 bits per heavy atom. The molecule has 1 aliphatic rings. The Kier molecular flexibility index (Phi) is 5.37. The molecule has 0 fully saturated rings. The van der Waals surface area contributed by atoms with Crippen LogP contribution in [0.1, 0.15) is 12.6 Å². The van der Waals surface area contributed by atoms with Crippen LogP contribution in [0.2, 0.25) is 5.02 Å². The Labute approximate surface area is 186 Å². The summed E-state index contributed by atoms with van der Waals surface area (Å²) in [4.78, 5) is 4.74. The van der Waals surface area contributed by atoms with E-state index in [1.54, 1.807) is 23.1 Å². The lowest BCUT2D eigenvalue weighted by Crippen LogP contribution is -2.00. The summed E-state index contributed by atoms with van der Waals surface area (Å²) in [5.74, 6) is 3.02. The van der Waals surface area contributed by atoms with Gasteiger partial charge in [0.1, 0.15) is 5.01 Å². The van der Waals surface area contributed by atoms with E-state index in [1.165, 1.54) is 0 Å². The molecule has 9 heteroatoms. The van der Waals surface area contributed by atoms with Crippen molar-refractivity contribution >= 4 is 34.7 Å². The van der Waals surface area contributed by atoms with Gasteiger partial charge in [0.2, 0.25) is 6.79 Å². The van der Waals surface area contributed by atoms with Crippen LogP contribution in [0, 0.1) is 0 Å². The molecule has 2 aromatic heterocycles. The van der Waals surface area contributed by atoms with E-state index in [9.17, 15) is 0 Å². The summed E-state index contributed by atoms with van der Waals surface area (Å²) in [6, 6.07) is 13.6. The van der Waals surface area contributed by atoms with Gasteiger partial charge in [-0.2, -0.15) is 0 Å². The smallest absolute Gasteiger partial charge is 0.231 e. The SMILES string of the molecule is CCn1c(SCc2csc(-c3ccccc3Cl)n2)nnc1-c1ccc2c(c1)OCO2. The first kappa shape index (κ1) is 19.4. The van der Waals surface area contributed by atoms with Crippen LogP contribution in [0.5, 0.6) is 11.5 Å². The second kappa shape index (κ2) is 8.29. The van der Waals surface area contributed by atoms with Gasteiger partial charge in [-0.05, 0) is 31.2 Å². The number of thiazole rings is 1. The average Bonchev–Trinajstić information content (AvgIpc) is 3.50. The molecule has 0 unspecified atom stereocenters. The zero-order valence-corrected chi connectivity index (χ0v) is 18.4. The Hall–Kier alpha value is -2.55. The van der Waals surface area contributed by atoms with Gasteiger partial charge >= 0.3 is 0 Å². The number of ether oxygens (including phenoxy) is 2. The minimum absolute atomic E-state index is 0.254. The fourth-order valence-electron chi connectivity index (χ4n) is 3.20. The van der Waals surface area contributed by atoms with Crippen molar-refractivity contribution in [2.24, 2.45) is 0 Å². The number of halogens is 1. The van der Waals surface area contributed by atoms with E-state index in [2.05, 4.69) is 27.1 Å². The first-order valence-corrected chi connectivity index (χ1v) is 11.6. The molecule has 0 N–H and O–H groups in total. The van der Waals surface area contributed by atoms with Crippen molar-refractivity contribution in [1.82, 2.24) is 19.7 Å². The van der Waals surface area contributed by atoms with Crippen molar-refractivity contribution < 1.29 is 9.47 Å². The van der Waals surface area contributed by atoms with E-state index < -0.39 is 0 Å². The van der Waals surface area contributed by atoms with Gasteiger partial charge in [0, 0.05) is 28.8 Å². The van der Waals surface area contributed by atoms with Crippen LogP contribution < -0.4 is 9.47 Å². The van der Waals surface area contributed by atoms with Gasteiger partial charge in [-0.1, -0.05) is 41.6 Å². The summed E-state index contributed by atoms with van der Waals surface area (Å²) in [6.07, 6.45) is 0. The predicted octanol–water partition coefficient (Wildman–Crippen LogP) is 5.76. The molecule has 0 amide bonds. The van der Waals surface area contributed by atoms with E-state index in [4.69, 9.17) is 26.1 Å². The van der Waals surface area contributed by atoms with Gasteiger partial charge in [0.05, 0.1) is 10.7 Å². The molecule has 30 heavy (non-hydrogen) atoms.